The van der Waals surface area contributed by atoms with Crippen molar-refractivity contribution in [2.24, 2.45) is 0 Å². The highest BCUT2D eigenvalue weighted by atomic mass is 16.5. The van der Waals surface area contributed by atoms with Crippen LogP contribution in [0.4, 0.5) is 10.6 Å². The monoisotopic (exact) mass is 582 g/mol. The van der Waals surface area contributed by atoms with Gasteiger partial charge < -0.3 is 10.1 Å². The summed E-state index contributed by atoms with van der Waals surface area (Å²) in [5, 5.41) is 15.0. The van der Waals surface area contributed by atoms with Gasteiger partial charge in [-0.2, -0.15) is 0 Å². The molecule has 10 heteroatoms. The molecule has 0 spiro atoms. The van der Waals surface area contributed by atoms with Crippen molar-refractivity contribution in [1.29, 1.82) is 0 Å². The van der Waals surface area contributed by atoms with Crippen LogP contribution in [0.15, 0.2) is 55.0 Å². The van der Waals surface area contributed by atoms with Crippen LogP contribution in [0.5, 0.6) is 5.75 Å². The van der Waals surface area contributed by atoms with E-state index in [0.29, 0.717) is 17.9 Å². The lowest BCUT2D eigenvalue weighted by molar-refractivity contribution is 0.171. The highest BCUT2D eigenvalue weighted by molar-refractivity contribution is 5.88. The summed E-state index contributed by atoms with van der Waals surface area (Å²) in [5.74, 6) is 2.23. The minimum atomic E-state index is -0.290. The number of urea groups is 1. The van der Waals surface area contributed by atoms with Crippen molar-refractivity contribution in [2.75, 3.05) is 11.9 Å². The van der Waals surface area contributed by atoms with E-state index in [1.54, 1.807) is 0 Å². The zero-order valence-corrected chi connectivity index (χ0v) is 25.7. The molecule has 226 valence electrons. The minimum absolute atomic E-state index is 0.128. The van der Waals surface area contributed by atoms with Crippen LogP contribution in [-0.2, 0) is 11.8 Å². The van der Waals surface area contributed by atoms with Crippen LogP contribution in [0.1, 0.15) is 95.1 Å². The summed E-state index contributed by atoms with van der Waals surface area (Å²) in [4.78, 5) is 24.2. The first-order valence-electron chi connectivity index (χ1n) is 15.4. The van der Waals surface area contributed by atoms with Gasteiger partial charge in [0.25, 0.3) is 0 Å². The third-order valence-corrected chi connectivity index (χ3v) is 8.65. The zero-order chi connectivity index (χ0) is 30.1. The van der Waals surface area contributed by atoms with Crippen molar-refractivity contribution >= 4 is 17.5 Å². The average molecular weight is 583 g/mol. The van der Waals surface area contributed by atoms with E-state index in [2.05, 4.69) is 86.9 Å². The Hall–Kier alpha value is -4.05. The maximum Gasteiger partial charge on any atom is 0.320 e. The predicted molar refractivity (Wildman–Crippen MR) is 166 cm³/mol. The number of likely N-dealkylation sites (tertiary alicyclic amines) is 1. The molecule has 1 aliphatic carbocycles. The third-order valence-electron chi connectivity index (χ3n) is 8.65. The summed E-state index contributed by atoms with van der Waals surface area (Å²) in [6.45, 7) is 11.9. The number of hydrogen-bond donors (Lipinski definition) is 2. The Bertz CT molecular complexity index is 1590. The molecule has 3 atom stereocenters. The number of nitrogens with one attached hydrogen (secondary N) is 2. The molecule has 3 aromatic heterocycles. The number of rotatable bonds is 7. The molecule has 10 nitrogen and oxygen atoms in total. The number of pyridine rings is 1. The molecule has 0 radical (unpaired) electrons. The molecular formula is C33H42N8O2. The maximum absolute atomic E-state index is 13.0. The zero-order valence-electron chi connectivity index (χ0n) is 25.7. The van der Waals surface area contributed by atoms with E-state index >= 15 is 0 Å². The molecule has 2 amide bonds. The van der Waals surface area contributed by atoms with Gasteiger partial charge in [-0.15, -0.1) is 10.2 Å². The lowest BCUT2D eigenvalue weighted by atomic mass is 9.85. The Morgan fingerprint density at radius 2 is 1.86 bits per heavy atom. The molecule has 2 aliphatic rings. The van der Waals surface area contributed by atoms with E-state index in [1.165, 1.54) is 19.2 Å². The van der Waals surface area contributed by atoms with Crippen LogP contribution in [0.2, 0.25) is 0 Å². The summed E-state index contributed by atoms with van der Waals surface area (Å²) in [6, 6.07) is 14.5. The van der Waals surface area contributed by atoms with Crippen LogP contribution >= 0.6 is 0 Å². The predicted octanol–water partition coefficient (Wildman–Crippen LogP) is 6.01. The first-order valence-corrected chi connectivity index (χ1v) is 15.4. The van der Waals surface area contributed by atoms with Gasteiger partial charge in [0, 0.05) is 30.0 Å². The quantitative estimate of drug-likeness (QED) is 0.275. The maximum atomic E-state index is 13.0. The summed E-state index contributed by atoms with van der Waals surface area (Å²) in [7, 11) is 0. The molecule has 6 rings (SSSR count). The third kappa shape index (κ3) is 6.34. The highest BCUT2D eigenvalue weighted by Gasteiger charge is 2.31. The van der Waals surface area contributed by atoms with Crippen molar-refractivity contribution in [3.8, 4) is 5.75 Å². The molecule has 2 N–H and O–H groups in total. The Labute approximate surface area is 253 Å². The van der Waals surface area contributed by atoms with Gasteiger partial charge in [0.15, 0.2) is 5.65 Å². The molecule has 1 fully saturated rings. The average Bonchev–Trinajstić information content (AvgIpc) is 3.61. The van der Waals surface area contributed by atoms with Gasteiger partial charge in [0.1, 0.15) is 29.8 Å². The van der Waals surface area contributed by atoms with Gasteiger partial charge in [-0.1, -0.05) is 45.0 Å². The molecule has 1 aromatic carbocycles. The van der Waals surface area contributed by atoms with E-state index in [1.807, 2.05) is 36.5 Å². The first-order chi connectivity index (χ1) is 20.7. The van der Waals surface area contributed by atoms with E-state index in [9.17, 15) is 4.79 Å². The smallest absolute Gasteiger partial charge is 0.320 e. The van der Waals surface area contributed by atoms with Crippen LogP contribution in [0.25, 0.3) is 5.65 Å². The van der Waals surface area contributed by atoms with Gasteiger partial charge in [0.2, 0.25) is 0 Å². The van der Waals surface area contributed by atoms with Crippen molar-refractivity contribution in [1.82, 2.24) is 34.8 Å². The molecule has 1 saturated heterocycles. The number of anilines is 1. The molecule has 43 heavy (non-hydrogen) atoms. The normalized spacial score (nSPS) is 20.7. The molecule has 1 aliphatic heterocycles. The Kier molecular flexibility index (Phi) is 8.05. The summed E-state index contributed by atoms with van der Waals surface area (Å²) in [5.41, 5.74) is 3.70. The number of fused-ring (bicyclic) bond motifs is 2. The van der Waals surface area contributed by atoms with Crippen molar-refractivity contribution in [2.45, 2.75) is 96.4 Å². The van der Waals surface area contributed by atoms with Crippen molar-refractivity contribution < 1.29 is 9.53 Å². The van der Waals surface area contributed by atoms with Gasteiger partial charge in [-0.05, 0) is 69.3 Å². The van der Waals surface area contributed by atoms with Crippen LogP contribution in [0.3, 0.4) is 0 Å². The van der Waals surface area contributed by atoms with Crippen LogP contribution < -0.4 is 15.4 Å². The highest BCUT2D eigenvalue weighted by Crippen LogP contribution is 2.39. The van der Waals surface area contributed by atoms with Crippen molar-refractivity contribution in [3.63, 3.8) is 0 Å². The fourth-order valence-electron chi connectivity index (χ4n) is 6.43. The minimum Gasteiger partial charge on any atom is -0.484 e. The molecule has 0 unspecified atom stereocenters. The summed E-state index contributed by atoms with van der Waals surface area (Å²) in [6.07, 6.45) is 8.18. The Morgan fingerprint density at radius 3 is 2.65 bits per heavy atom. The number of amides is 2. The van der Waals surface area contributed by atoms with E-state index < -0.39 is 0 Å². The number of benzene rings is 1. The Balaban J connectivity index is 1.15. The summed E-state index contributed by atoms with van der Waals surface area (Å²) >= 11 is 0. The SMILES string of the molecule is CC(C)N1CCC[C@H]1Cc1nnc2ccc(O[C@@H]3CC[C@H](NC(=O)Nc4cc(C(C)(C)C)ncn4)c4ccccc43)cn12. The standard InChI is InChI=1S/C33H42N8O2/c1-21(2)40-16-8-9-22(40)17-31-39-38-30-15-12-23(19-41(30)31)43-27-14-13-26(24-10-6-7-11-25(24)27)36-32(42)37-29-18-28(33(3,4)5)34-20-35-29/h6-7,10-12,15,18-22,26-27H,8-9,13-14,16-17H2,1-5H3,(H2,34,35,36,37,42)/t22-,26-,27+/m0/s1. The number of ether oxygens (including phenoxy) is 1. The molecule has 4 heterocycles. The van der Waals surface area contributed by atoms with E-state index in [4.69, 9.17) is 4.74 Å². The molecule has 0 bridgehead atoms. The fraction of sp³-hybridized carbons (Fsp3) is 0.485. The van der Waals surface area contributed by atoms with Crippen molar-refractivity contribution in [3.05, 3.63) is 77.6 Å². The molecule has 0 saturated carbocycles. The summed E-state index contributed by atoms with van der Waals surface area (Å²) < 4.78 is 8.68. The largest absolute Gasteiger partial charge is 0.484 e. The molecular weight excluding hydrogens is 540 g/mol. The second-order valence-corrected chi connectivity index (χ2v) is 13.0. The lowest BCUT2D eigenvalue weighted by Crippen LogP contribution is -2.37. The number of hydrogen-bond acceptors (Lipinski definition) is 7. The lowest BCUT2D eigenvalue weighted by Gasteiger charge is -2.32. The second-order valence-electron chi connectivity index (χ2n) is 13.0. The second kappa shape index (κ2) is 11.9. The van der Waals surface area contributed by atoms with Gasteiger partial charge in [-0.25, -0.2) is 14.8 Å². The van der Waals surface area contributed by atoms with Crippen LogP contribution in [0, 0.1) is 0 Å². The fourth-order valence-corrected chi connectivity index (χ4v) is 6.43. The Morgan fingerprint density at radius 1 is 1.05 bits per heavy atom. The first kappa shape index (κ1) is 29.0. The van der Waals surface area contributed by atoms with Gasteiger partial charge in [-0.3, -0.25) is 14.6 Å². The topological polar surface area (TPSA) is 110 Å². The van der Waals surface area contributed by atoms with E-state index in [0.717, 1.165) is 59.8 Å². The number of aromatic nitrogens is 5. The van der Waals surface area contributed by atoms with Gasteiger partial charge >= 0.3 is 6.03 Å². The molecule has 4 aromatic rings. The number of carbonyl (C=O) groups is 1. The van der Waals surface area contributed by atoms with E-state index in [-0.39, 0.29) is 23.6 Å². The number of carbonyl (C=O) groups excluding carboxylic acids is 1. The van der Waals surface area contributed by atoms with Crippen LogP contribution in [-0.4, -0.2) is 54.1 Å². The number of nitrogens with zero attached hydrogens (tertiary/aromatic N) is 6. The van der Waals surface area contributed by atoms with Gasteiger partial charge in [0.05, 0.1) is 17.9 Å².